The molecule has 1 aliphatic rings. The van der Waals surface area contributed by atoms with Crippen LogP contribution in [0.4, 0.5) is 4.79 Å². The molecular formula is C33H33Cl2IN4O8. The molecule has 254 valence electrons. The SMILES string of the molecule is CCOC(=O)C1=C(C)NC(=O)N[C@@H]1c1ccc(OCC(=O)N/N=C\c2cc(I)c(OCc3ccc(Cl)cc3Cl)c(OCC)c2)c(OC)c1. The van der Waals surface area contributed by atoms with Crippen LogP contribution >= 0.6 is 45.8 Å². The van der Waals surface area contributed by atoms with Crippen LogP contribution in [0.15, 0.2) is 64.9 Å². The van der Waals surface area contributed by atoms with Crippen molar-refractivity contribution in [3.8, 4) is 23.0 Å². The topological polar surface area (TPSA) is 146 Å². The summed E-state index contributed by atoms with van der Waals surface area (Å²) in [7, 11) is 1.44. The molecule has 0 fully saturated rings. The van der Waals surface area contributed by atoms with Gasteiger partial charge in [-0.2, -0.15) is 5.10 Å². The van der Waals surface area contributed by atoms with Gasteiger partial charge in [-0.15, -0.1) is 0 Å². The first-order valence-electron chi connectivity index (χ1n) is 14.7. The zero-order chi connectivity index (χ0) is 34.8. The number of ether oxygens (including phenoxy) is 5. The van der Waals surface area contributed by atoms with E-state index >= 15 is 0 Å². The Balaban J connectivity index is 1.39. The summed E-state index contributed by atoms with van der Waals surface area (Å²) >= 11 is 14.4. The van der Waals surface area contributed by atoms with Gasteiger partial charge < -0.3 is 34.3 Å². The minimum atomic E-state index is -0.785. The number of benzene rings is 3. The molecule has 1 heterocycles. The van der Waals surface area contributed by atoms with E-state index in [1.54, 1.807) is 56.3 Å². The Hall–Kier alpha value is -4.21. The van der Waals surface area contributed by atoms with Gasteiger partial charge in [-0.1, -0.05) is 35.3 Å². The zero-order valence-electron chi connectivity index (χ0n) is 26.4. The molecule has 0 bridgehead atoms. The first-order chi connectivity index (χ1) is 23.0. The maximum Gasteiger partial charge on any atom is 0.338 e. The molecule has 1 aliphatic heterocycles. The number of urea groups is 1. The molecule has 0 radical (unpaired) electrons. The summed E-state index contributed by atoms with van der Waals surface area (Å²) in [5.41, 5.74) is 5.07. The smallest absolute Gasteiger partial charge is 0.338 e. The number of esters is 1. The molecule has 0 aliphatic carbocycles. The van der Waals surface area contributed by atoms with Crippen LogP contribution in [-0.2, 0) is 20.9 Å². The number of allylic oxidation sites excluding steroid dienone is 1. The summed E-state index contributed by atoms with van der Waals surface area (Å²) < 4.78 is 29.0. The zero-order valence-corrected chi connectivity index (χ0v) is 30.1. The second-order valence-electron chi connectivity index (χ2n) is 10.1. The van der Waals surface area contributed by atoms with Crippen molar-refractivity contribution in [2.24, 2.45) is 5.10 Å². The minimum absolute atomic E-state index is 0.176. The van der Waals surface area contributed by atoms with Gasteiger partial charge in [-0.3, -0.25) is 4.79 Å². The highest BCUT2D eigenvalue weighted by atomic mass is 127. The lowest BCUT2D eigenvalue weighted by molar-refractivity contribution is -0.139. The number of nitrogens with one attached hydrogen (secondary N) is 3. The molecule has 0 aromatic heterocycles. The van der Waals surface area contributed by atoms with E-state index in [2.05, 4.69) is 43.8 Å². The highest BCUT2D eigenvalue weighted by molar-refractivity contribution is 14.1. The van der Waals surface area contributed by atoms with E-state index in [0.717, 1.165) is 9.13 Å². The number of carbonyl (C=O) groups excluding carboxylic acids is 3. The molecule has 48 heavy (non-hydrogen) atoms. The number of carbonyl (C=O) groups is 3. The largest absolute Gasteiger partial charge is 0.493 e. The number of nitrogens with zero attached hydrogens (tertiary/aromatic N) is 1. The first-order valence-corrected chi connectivity index (χ1v) is 16.5. The van der Waals surface area contributed by atoms with Crippen LogP contribution < -0.4 is 35.0 Å². The normalized spacial score (nSPS) is 14.2. The molecule has 4 rings (SSSR count). The second kappa shape index (κ2) is 17.3. The van der Waals surface area contributed by atoms with Gasteiger partial charge in [0.15, 0.2) is 29.6 Å². The van der Waals surface area contributed by atoms with E-state index in [9.17, 15) is 14.4 Å². The van der Waals surface area contributed by atoms with Gasteiger partial charge in [0.25, 0.3) is 5.91 Å². The van der Waals surface area contributed by atoms with E-state index in [4.69, 9.17) is 46.9 Å². The summed E-state index contributed by atoms with van der Waals surface area (Å²) in [4.78, 5) is 37.4. The van der Waals surface area contributed by atoms with E-state index in [1.807, 2.05) is 13.0 Å². The van der Waals surface area contributed by atoms with Crippen LogP contribution in [0.25, 0.3) is 0 Å². The predicted octanol–water partition coefficient (Wildman–Crippen LogP) is 6.30. The average Bonchev–Trinajstić information content (AvgIpc) is 3.04. The number of hydrogen-bond donors (Lipinski definition) is 3. The Morgan fingerprint density at radius 2 is 1.79 bits per heavy atom. The Bertz CT molecular complexity index is 1750. The van der Waals surface area contributed by atoms with E-state index in [-0.39, 0.29) is 36.9 Å². The fourth-order valence-corrected chi connectivity index (χ4v) is 5.86. The van der Waals surface area contributed by atoms with Crippen molar-refractivity contribution in [2.75, 3.05) is 26.9 Å². The molecular weight excluding hydrogens is 778 g/mol. The molecule has 0 saturated carbocycles. The molecule has 3 aromatic carbocycles. The Morgan fingerprint density at radius 3 is 2.50 bits per heavy atom. The lowest BCUT2D eigenvalue weighted by Gasteiger charge is -2.28. The molecule has 15 heteroatoms. The fourth-order valence-electron chi connectivity index (χ4n) is 4.61. The molecule has 0 saturated heterocycles. The summed E-state index contributed by atoms with van der Waals surface area (Å²) in [5, 5.41) is 10.4. The van der Waals surface area contributed by atoms with Gasteiger partial charge in [0.05, 0.1) is 41.7 Å². The van der Waals surface area contributed by atoms with Crippen LogP contribution in [0, 0.1) is 3.57 Å². The third kappa shape index (κ3) is 9.45. The lowest BCUT2D eigenvalue weighted by Crippen LogP contribution is -2.45. The van der Waals surface area contributed by atoms with Gasteiger partial charge in [-0.25, -0.2) is 15.0 Å². The molecule has 0 spiro atoms. The van der Waals surface area contributed by atoms with Crippen molar-refractivity contribution < 1.29 is 38.1 Å². The maximum atomic E-state index is 12.6. The van der Waals surface area contributed by atoms with E-state index in [1.165, 1.54) is 13.3 Å². The van der Waals surface area contributed by atoms with Gasteiger partial charge in [-0.05, 0) is 90.9 Å². The number of halogens is 3. The van der Waals surface area contributed by atoms with Gasteiger partial charge >= 0.3 is 12.0 Å². The molecule has 3 N–H and O–H groups in total. The standard InChI is InChI=1S/C33H33Cl2IN4O8/c1-5-45-27-12-19(11-24(36)31(27)48-16-21-7-9-22(34)14-23(21)35)15-37-40-28(41)17-47-25-10-8-20(13-26(25)44-4)30-29(32(42)46-6-2)18(3)38-33(43)39-30/h7-15,30H,5-6,16-17H2,1-4H3,(H,40,41)(H2,38,39,43)/b37-15-/t30-/m1/s1. The summed E-state index contributed by atoms with van der Waals surface area (Å²) in [6.07, 6.45) is 1.47. The van der Waals surface area contributed by atoms with E-state index < -0.39 is 23.9 Å². The van der Waals surface area contributed by atoms with Crippen LogP contribution in [0.5, 0.6) is 23.0 Å². The fraction of sp³-hybridized carbons (Fsp3) is 0.273. The van der Waals surface area contributed by atoms with Crippen molar-refractivity contribution in [1.29, 1.82) is 0 Å². The number of rotatable bonds is 14. The minimum Gasteiger partial charge on any atom is -0.493 e. The Labute approximate surface area is 301 Å². The molecule has 3 aromatic rings. The van der Waals surface area contributed by atoms with Gasteiger partial charge in [0.2, 0.25) is 0 Å². The quantitative estimate of drug-likeness (QED) is 0.0745. The van der Waals surface area contributed by atoms with Crippen LogP contribution in [0.1, 0.15) is 43.5 Å². The summed E-state index contributed by atoms with van der Waals surface area (Å²) in [6.45, 7) is 5.60. The first kappa shape index (κ1) is 36.6. The second-order valence-corrected chi connectivity index (χ2v) is 12.1. The lowest BCUT2D eigenvalue weighted by atomic mass is 9.95. The molecule has 3 amide bonds. The highest BCUT2D eigenvalue weighted by Gasteiger charge is 2.32. The molecule has 0 unspecified atom stereocenters. The Morgan fingerprint density at radius 1 is 1.00 bits per heavy atom. The monoisotopic (exact) mass is 810 g/mol. The van der Waals surface area contributed by atoms with Crippen molar-refractivity contribution in [2.45, 2.75) is 33.4 Å². The van der Waals surface area contributed by atoms with Crippen LogP contribution in [0.2, 0.25) is 10.0 Å². The van der Waals surface area contributed by atoms with Crippen molar-refractivity contribution in [1.82, 2.24) is 16.1 Å². The van der Waals surface area contributed by atoms with Crippen molar-refractivity contribution in [3.05, 3.63) is 90.1 Å². The summed E-state index contributed by atoms with van der Waals surface area (Å²) in [6, 6.07) is 12.4. The number of hydrazone groups is 1. The maximum absolute atomic E-state index is 12.6. The summed E-state index contributed by atoms with van der Waals surface area (Å²) in [5.74, 6) is 0.526. The third-order valence-electron chi connectivity index (χ3n) is 6.77. The van der Waals surface area contributed by atoms with Gasteiger partial charge in [0.1, 0.15) is 6.61 Å². The Kier molecular flexibility index (Phi) is 13.2. The van der Waals surface area contributed by atoms with Crippen molar-refractivity contribution >= 4 is 69.9 Å². The average molecular weight is 811 g/mol. The number of amides is 3. The highest BCUT2D eigenvalue weighted by Crippen LogP contribution is 2.36. The van der Waals surface area contributed by atoms with Crippen LogP contribution in [-0.4, -0.2) is 51.1 Å². The molecule has 1 atom stereocenters. The predicted molar refractivity (Wildman–Crippen MR) is 189 cm³/mol. The van der Waals surface area contributed by atoms with E-state index in [0.29, 0.717) is 45.0 Å². The van der Waals surface area contributed by atoms with Gasteiger partial charge in [0, 0.05) is 21.3 Å². The number of hydrogen-bond acceptors (Lipinski definition) is 9. The third-order valence-corrected chi connectivity index (χ3v) is 8.15. The van der Waals surface area contributed by atoms with Crippen LogP contribution in [0.3, 0.4) is 0 Å². The molecule has 12 nitrogen and oxygen atoms in total. The van der Waals surface area contributed by atoms with Crippen molar-refractivity contribution in [3.63, 3.8) is 0 Å². The number of methoxy groups -OCH3 is 1.